The van der Waals surface area contributed by atoms with Crippen LogP contribution < -0.4 is 14.5 Å². The summed E-state index contributed by atoms with van der Waals surface area (Å²) in [6.07, 6.45) is -0.735. The molecule has 0 radical (unpaired) electrons. The molecule has 2 aliphatic rings. The van der Waals surface area contributed by atoms with Crippen LogP contribution in [-0.2, 0) is 11.3 Å². The van der Waals surface area contributed by atoms with Gasteiger partial charge in [0.1, 0.15) is 23.7 Å². The van der Waals surface area contributed by atoms with Crippen molar-refractivity contribution in [2.75, 3.05) is 49.6 Å². The summed E-state index contributed by atoms with van der Waals surface area (Å²) in [5.74, 6) is 1.60. The van der Waals surface area contributed by atoms with Crippen molar-refractivity contribution >= 4 is 29.2 Å². The molecule has 0 unspecified atom stereocenters. The van der Waals surface area contributed by atoms with Crippen LogP contribution >= 0.6 is 11.6 Å². The third-order valence-corrected chi connectivity index (χ3v) is 6.96. The molecule has 0 spiro atoms. The Bertz CT molecular complexity index is 1200. The molecule has 8 nitrogen and oxygen atoms in total. The van der Waals surface area contributed by atoms with E-state index in [2.05, 4.69) is 14.8 Å². The first kappa shape index (κ1) is 24.4. The normalized spacial score (nSPS) is 20.5. The second-order valence-corrected chi connectivity index (χ2v) is 9.36. The van der Waals surface area contributed by atoms with E-state index in [1.165, 1.54) is 0 Å². The molecule has 5 rings (SSSR count). The monoisotopic (exact) mass is 508 g/mol. The number of rotatable bonds is 7. The molecule has 2 aromatic carbocycles. The van der Waals surface area contributed by atoms with E-state index in [0.717, 1.165) is 49.0 Å². The second kappa shape index (κ2) is 10.7. The third-order valence-electron chi connectivity index (χ3n) is 6.71. The Morgan fingerprint density at radius 1 is 1.06 bits per heavy atom. The summed E-state index contributed by atoms with van der Waals surface area (Å²) in [7, 11) is 1.63. The Morgan fingerprint density at radius 2 is 1.81 bits per heavy atom. The molecule has 3 heterocycles. The summed E-state index contributed by atoms with van der Waals surface area (Å²) in [6.45, 7) is 3.75. The second-order valence-electron chi connectivity index (χ2n) is 8.92. The van der Waals surface area contributed by atoms with Gasteiger partial charge in [-0.05, 0) is 54.1 Å². The SMILES string of the molecule is COc1cccc([C@H]2[C@H](CN3CCN(c4cccc(CO)n4)CC3)OC(=O)N2c2ccc(Cl)cc2)c1. The van der Waals surface area contributed by atoms with Crippen LogP contribution in [0.1, 0.15) is 17.3 Å². The number of ether oxygens (including phenoxy) is 2. The van der Waals surface area contributed by atoms with Crippen LogP contribution in [0.15, 0.2) is 66.7 Å². The average molecular weight is 509 g/mol. The first-order valence-electron chi connectivity index (χ1n) is 12.0. The third kappa shape index (κ3) is 5.11. The number of aromatic nitrogens is 1. The maximum absolute atomic E-state index is 13.1. The van der Waals surface area contributed by atoms with Crippen LogP contribution in [0.2, 0.25) is 5.02 Å². The highest BCUT2D eigenvalue weighted by atomic mass is 35.5. The molecule has 188 valence electrons. The van der Waals surface area contributed by atoms with Crippen molar-refractivity contribution in [1.29, 1.82) is 0 Å². The van der Waals surface area contributed by atoms with Crippen molar-refractivity contribution in [2.45, 2.75) is 18.8 Å². The Hall–Kier alpha value is -3.33. The Morgan fingerprint density at radius 3 is 2.53 bits per heavy atom. The highest BCUT2D eigenvalue weighted by Crippen LogP contribution is 2.39. The van der Waals surface area contributed by atoms with Crippen molar-refractivity contribution in [3.63, 3.8) is 0 Å². The van der Waals surface area contributed by atoms with Gasteiger partial charge in [0.05, 0.1) is 19.4 Å². The molecule has 0 aliphatic carbocycles. The van der Waals surface area contributed by atoms with Crippen LogP contribution in [0, 0.1) is 0 Å². The lowest BCUT2D eigenvalue weighted by molar-refractivity contribution is 0.0939. The fraction of sp³-hybridized carbons (Fsp3) is 0.333. The number of cyclic esters (lactones) is 1. The van der Waals surface area contributed by atoms with Crippen LogP contribution in [0.4, 0.5) is 16.3 Å². The Kier molecular flexibility index (Phi) is 7.27. The highest BCUT2D eigenvalue weighted by molar-refractivity contribution is 6.30. The zero-order valence-corrected chi connectivity index (χ0v) is 20.8. The number of halogens is 1. The van der Waals surface area contributed by atoms with Gasteiger partial charge in [-0.1, -0.05) is 29.8 Å². The number of carbonyl (C=O) groups is 1. The molecule has 9 heteroatoms. The Balaban J connectivity index is 1.35. The zero-order chi connectivity index (χ0) is 25.1. The number of amides is 1. The number of benzene rings is 2. The number of aliphatic hydroxyl groups excluding tert-OH is 1. The minimum absolute atomic E-state index is 0.0728. The van der Waals surface area contributed by atoms with Crippen molar-refractivity contribution in [2.24, 2.45) is 0 Å². The number of methoxy groups -OCH3 is 1. The van der Waals surface area contributed by atoms with Crippen molar-refractivity contribution in [3.05, 3.63) is 83.0 Å². The number of nitrogens with zero attached hydrogens (tertiary/aromatic N) is 4. The predicted molar refractivity (Wildman–Crippen MR) is 139 cm³/mol. The van der Waals surface area contributed by atoms with Gasteiger partial charge >= 0.3 is 6.09 Å². The number of anilines is 2. The molecule has 1 aromatic heterocycles. The first-order valence-corrected chi connectivity index (χ1v) is 12.4. The number of carbonyl (C=O) groups excluding carboxylic acids is 1. The van der Waals surface area contributed by atoms with Gasteiger partial charge in [0.25, 0.3) is 0 Å². The van der Waals surface area contributed by atoms with Crippen LogP contribution in [0.25, 0.3) is 0 Å². The summed E-state index contributed by atoms with van der Waals surface area (Å²) in [5, 5.41) is 10.0. The minimum Gasteiger partial charge on any atom is -0.497 e. The van der Waals surface area contributed by atoms with Crippen molar-refractivity contribution in [3.8, 4) is 5.75 Å². The molecule has 2 aliphatic heterocycles. The van der Waals surface area contributed by atoms with Crippen LogP contribution in [0.3, 0.4) is 0 Å². The average Bonchev–Trinajstić information content (AvgIpc) is 3.24. The summed E-state index contributed by atoms with van der Waals surface area (Å²) >= 11 is 6.10. The van der Waals surface area contributed by atoms with Gasteiger partial charge in [0.2, 0.25) is 0 Å². The van der Waals surface area contributed by atoms with Gasteiger partial charge < -0.3 is 19.5 Å². The summed E-state index contributed by atoms with van der Waals surface area (Å²) in [5.41, 5.74) is 2.35. The van der Waals surface area contributed by atoms with E-state index in [0.29, 0.717) is 17.3 Å². The molecule has 36 heavy (non-hydrogen) atoms. The van der Waals surface area contributed by atoms with Gasteiger partial charge in [-0.2, -0.15) is 0 Å². The van der Waals surface area contributed by atoms with E-state index in [9.17, 15) is 9.90 Å². The zero-order valence-electron chi connectivity index (χ0n) is 20.1. The van der Waals surface area contributed by atoms with Crippen molar-refractivity contribution < 1.29 is 19.4 Å². The quantitative estimate of drug-likeness (QED) is 0.514. The van der Waals surface area contributed by atoms with E-state index in [-0.39, 0.29) is 24.8 Å². The molecular formula is C27H29ClN4O4. The van der Waals surface area contributed by atoms with E-state index >= 15 is 0 Å². The van der Waals surface area contributed by atoms with Gasteiger partial charge in [-0.25, -0.2) is 9.78 Å². The standard InChI is InChI=1S/C27H29ClN4O4/c1-35-23-6-2-4-19(16-23)26-24(36-27(34)32(26)22-10-8-20(28)9-11-22)17-30-12-14-31(15-13-30)25-7-3-5-21(18-33)29-25/h2-11,16,24,26,33H,12-15,17-18H2,1H3/t24-,26-/m0/s1. The van der Waals surface area contributed by atoms with Crippen molar-refractivity contribution in [1.82, 2.24) is 9.88 Å². The van der Waals surface area contributed by atoms with Crippen LogP contribution in [0.5, 0.6) is 5.75 Å². The van der Waals surface area contributed by atoms with Gasteiger partial charge in [-0.3, -0.25) is 9.80 Å². The van der Waals surface area contributed by atoms with Gasteiger partial charge in [0.15, 0.2) is 0 Å². The molecule has 2 atom stereocenters. The number of pyridine rings is 1. The maximum Gasteiger partial charge on any atom is 0.415 e. The van der Waals surface area contributed by atoms with Gasteiger partial charge in [-0.15, -0.1) is 0 Å². The Labute approximate surface area is 215 Å². The number of aliphatic hydroxyl groups is 1. The summed E-state index contributed by atoms with van der Waals surface area (Å²) in [4.78, 5) is 23.9. The maximum atomic E-state index is 13.1. The molecule has 0 saturated carbocycles. The molecule has 1 amide bonds. The molecule has 0 bridgehead atoms. The van der Waals surface area contributed by atoms with Crippen LogP contribution in [-0.4, -0.2) is 67.0 Å². The molecule has 3 aromatic rings. The lowest BCUT2D eigenvalue weighted by Crippen LogP contribution is -2.49. The van der Waals surface area contributed by atoms with E-state index in [1.807, 2.05) is 54.6 Å². The predicted octanol–water partition coefficient (Wildman–Crippen LogP) is 4.12. The topological polar surface area (TPSA) is 78.4 Å². The number of piperazine rings is 1. The fourth-order valence-electron chi connectivity index (χ4n) is 4.87. The first-order chi connectivity index (χ1) is 17.6. The lowest BCUT2D eigenvalue weighted by atomic mass is 9.99. The molecule has 1 N–H and O–H groups in total. The molecular weight excluding hydrogens is 480 g/mol. The molecule has 2 saturated heterocycles. The number of hydrogen-bond acceptors (Lipinski definition) is 7. The van der Waals surface area contributed by atoms with E-state index < -0.39 is 0 Å². The fourth-order valence-corrected chi connectivity index (χ4v) is 5.00. The summed E-state index contributed by atoms with van der Waals surface area (Å²) in [6, 6.07) is 20.4. The largest absolute Gasteiger partial charge is 0.497 e. The number of hydrogen-bond donors (Lipinski definition) is 1. The van der Waals surface area contributed by atoms with E-state index in [4.69, 9.17) is 21.1 Å². The van der Waals surface area contributed by atoms with E-state index in [1.54, 1.807) is 24.1 Å². The smallest absolute Gasteiger partial charge is 0.415 e. The highest BCUT2D eigenvalue weighted by Gasteiger charge is 2.44. The minimum atomic E-state index is -0.376. The van der Waals surface area contributed by atoms with Gasteiger partial charge in [0, 0.05) is 43.4 Å². The molecule has 2 fully saturated rings. The summed E-state index contributed by atoms with van der Waals surface area (Å²) < 4.78 is 11.4. The lowest BCUT2D eigenvalue weighted by Gasteiger charge is -2.37.